The van der Waals surface area contributed by atoms with Crippen molar-refractivity contribution < 1.29 is 9.47 Å². The molecule has 4 heteroatoms. The topological polar surface area (TPSA) is 30.5 Å². The molecule has 0 spiro atoms. The summed E-state index contributed by atoms with van der Waals surface area (Å²) in [4.78, 5) is 0. The van der Waals surface area contributed by atoms with Crippen LogP contribution in [0.2, 0.25) is 0 Å². The zero-order valence-electron chi connectivity index (χ0n) is 10.2. The first-order valence-electron chi connectivity index (χ1n) is 5.94. The number of rotatable bonds is 5. The Balaban J connectivity index is 1.91. The zero-order valence-corrected chi connectivity index (χ0v) is 11.8. The van der Waals surface area contributed by atoms with Gasteiger partial charge < -0.3 is 14.8 Å². The molecule has 1 aliphatic carbocycles. The lowest BCUT2D eigenvalue weighted by Crippen LogP contribution is -2.40. The maximum absolute atomic E-state index is 5.54. The van der Waals surface area contributed by atoms with Crippen molar-refractivity contribution in [3.8, 4) is 5.75 Å². The minimum atomic E-state index is 0.432. The molecule has 1 saturated carbocycles. The first-order valence-corrected chi connectivity index (χ1v) is 6.74. The molecule has 1 aromatic carbocycles. The van der Waals surface area contributed by atoms with Crippen LogP contribution in [0.5, 0.6) is 5.75 Å². The number of hydrogen-bond acceptors (Lipinski definition) is 3. The number of halogens is 1. The summed E-state index contributed by atoms with van der Waals surface area (Å²) in [5.41, 5.74) is 1.09. The fraction of sp³-hybridized carbons (Fsp3) is 0.538. The first-order chi connectivity index (χ1) is 8.22. The molecule has 3 nitrogen and oxygen atoms in total. The average Bonchev–Trinajstić information content (AvgIpc) is 2.29. The summed E-state index contributed by atoms with van der Waals surface area (Å²) in [5, 5.41) is 3.50. The van der Waals surface area contributed by atoms with Gasteiger partial charge in [0.15, 0.2) is 0 Å². The molecule has 1 aromatic rings. The third-order valence-corrected chi connectivity index (χ3v) is 3.72. The summed E-state index contributed by atoms with van der Waals surface area (Å²) < 4.78 is 11.8. The van der Waals surface area contributed by atoms with Gasteiger partial charge in [-0.25, -0.2) is 0 Å². The van der Waals surface area contributed by atoms with Crippen molar-refractivity contribution in [3.05, 3.63) is 22.7 Å². The van der Waals surface area contributed by atoms with Gasteiger partial charge in [0.2, 0.25) is 0 Å². The maximum Gasteiger partial charge on any atom is 0.121 e. The number of methoxy groups -OCH3 is 1. The molecule has 0 radical (unpaired) electrons. The van der Waals surface area contributed by atoms with Gasteiger partial charge in [0.05, 0.1) is 18.9 Å². The second kappa shape index (κ2) is 5.74. The fourth-order valence-electron chi connectivity index (χ4n) is 2.02. The standard InChI is InChI=1S/C13H18BrNO2/c1-3-17-11-6-9(7-11)15-13-8-10(16-2)4-5-12(13)14/h4-5,8-9,11,15H,3,6-7H2,1-2H3. The van der Waals surface area contributed by atoms with Crippen LogP contribution < -0.4 is 10.1 Å². The molecule has 0 aliphatic heterocycles. The van der Waals surface area contributed by atoms with Gasteiger partial charge >= 0.3 is 0 Å². The Morgan fingerprint density at radius 2 is 2.18 bits per heavy atom. The van der Waals surface area contributed by atoms with Gasteiger partial charge in [-0.15, -0.1) is 0 Å². The van der Waals surface area contributed by atoms with E-state index in [0.29, 0.717) is 12.1 Å². The normalized spacial score (nSPS) is 23.0. The molecule has 0 unspecified atom stereocenters. The van der Waals surface area contributed by atoms with Crippen LogP contribution >= 0.6 is 15.9 Å². The average molecular weight is 300 g/mol. The molecule has 0 heterocycles. The first kappa shape index (κ1) is 12.7. The molecule has 94 valence electrons. The summed E-state index contributed by atoms with van der Waals surface area (Å²) in [5.74, 6) is 0.872. The lowest BCUT2D eigenvalue weighted by atomic mass is 9.89. The molecule has 0 amide bonds. The highest BCUT2D eigenvalue weighted by atomic mass is 79.9. The van der Waals surface area contributed by atoms with Gasteiger partial charge in [-0.05, 0) is 47.8 Å². The van der Waals surface area contributed by atoms with Crippen LogP contribution in [0.15, 0.2) is 22.7 Å². The molecule has 0 bridgehead atoms. The number of hydrogen-bond donors (Lipinski definition) is 1. The van der Waals surface area contributed by atoms with Crippen LogP contribution in [0.4, 0.5) is 5.69 Å². The Kier molecular flexibility index (Phi) is 4.29. The van der Waals surface area contributed by atoms with Crippen molar-refractivity contribution in [2.24, 2.45) is 0 Å². The van der Waals surface area contributed by atoms with E-state index in [1.807, 2.05) is 25.1 Å². The lowest BCUT2D eigenvalue weighted by Gasteiger charge is -2.36. The highest BCUT2D eigenvalue weighted by Gasteiger charge is 2.29. The fourth-order valence-corrected chi connectivity index (χ4v) is 2.38. The molecule has 17 heavy (non-hydrogen) atoms. The molecular formula is C13H18BrNO2. The summed E-state index contributed by atoms with van der Waals surface area (Å²) >= 11 is 3.54. The second-order valence-corrected chi connectivity index (χ2v) is 5.09. The molecule has 0 atom stereocenters. The Labute approximate surface area is 111 Å². The predicted octanol–water partition coefficient (Wildman–Crippen LogP) is 3.44. The van der Waals surface area contributed by atoms with Gasteiger partial charge in [0.1, 0.15) is 5.75 Å². The van der Waals surface area contributed by atoms with Crippen LogP contribution in [-0.4, -0.2) is 25.9 Å². The smallest absolute Gasteiger partial charge is 0.121 e. The Hall–Kier alpha value is -0.740. The van der Waals surface area contributed by atoms with Gasteiger partial charge in [-0.2, -0.15) is 0 Å². The van der Waals surface area contributed by atoms with Gasteiger partial charge in [0, 0.05) is 23.2 Å². The van der Waals surface area contributed by atoms with E-state index >= 15 is 0 Å². The lowest BCUT2D eigenvalue weighted by molar-refractivity contribution is 0.00298. The van der Waals surface area contributed by atoms with Crippen molar-refractivity contribution in [2.45, 2.75) is 31.9 Å². The largest absolute Gasteiger partial charge is 0.497 e. The van der Waals surface area contributed by atoms with Crippen LogP contribution in [0.25, 0.3) is 0 Å². The second-order valence-electron chi connectivity index (χ2n) is 4.24. The van der Waals surface area contributed by atoms with E-state index in [4.69, 9.17) is 9.47 Å². The molecule has 1 N–H and O–H groups in total. The van der Waals surface area contributed by atoms with E-state index in [0.717, 1.165) is 35.4 Å². The van der Waals surface area contributed by atoms with Gasteiger partial charge in [-0.1, -0.05) is 0 Å². The molecule has 0 saturated heterocycles. The van der Waals surface area contributed by atoms with E-state index in [2.05, 4.69) is 21.2 Å². The third-order valence-electron chi connectivity index (χ3n) is 3.03. The highest BCUT2D eigenvalue weighted by molar-refractivity contribution is 9.10. The van der Waals surface area contributed by atoms with Crippen molar-refractivity contribution in [3.63, 3.8) is 0 Å². The van der Waals surface area contributed by atoms with E-state index in [1.54, 1.807) is 7.11 Å². The van der Waals surface area contributed by atoms with Crippen LogP contribution in [0.1, 0.15) is 19.8 Å². The van der Waals surface area contributed by atoms with Gasteiger partial charge in [-0.3, -0.25) is 0 Å². The van der Waals surface area contributed by atoms with E-state index < -0.39 is 0 Å². The maximum atomic E-state index is 5.54. The highest BCUT2D eigenvalue weighted by Crippen LogP contribution is 2.32. The van der Waals surface area contributed by atoms with Crippen molar-refractivity contribution in [1.29, 1.82) is 0 Å². The Morgan fingerprint density at radius 3 is 2.82 bits per heavy atom. The predicted molar refractivity (Wildman–Crippen MR) is 72.8 cm³/mol. The monoisotopic (exact) mass is 299 g/mol. The van der Waals surface area contributed by atoms with Gasteiger partial charge in [0.25, 0.3) is 0 Å². The number of benzene rings is 1. The van der Waals surface area contributed by atoms with Crippen molar-refractivity contribution in [1.82, 2.24) is 0 Å². The van der Waals surface area contributed by atoms with Crippen LogP contribution in [-0.2, 0) is 4.74 Å². The third kappa shape index (κ3) is 3.13. The summed E-state index contributed by atoms with van der Waals surface area (Å²) in [6.07, 6.45) is 2.59. The summed E-state index contributed by atoms with van der Waals surface area (Å²) in [6, 6.07) is 6.46. The van der Waals surface area contributed by atoms with E-state index in [-0.39, 0.29) is 0 Å². The quantitative estimate of drug-likeness (QED) is 0.903. The van der Waals surface area contributed by atoms with Crippen molar-refractivity contribution >= 4 is 21.6 Å². The van der Waals surface area contributed by atoms with Crippen LogP contribution in [0, 0.1) is 0 Å². The molecule has 2 rings (SSSR count). The van der Waals surface area contributed by atoms with E-state index in [9.17, 15) is 0 Å². The molecule has 1 fully saturated rings. The number of ether oxygens (including phenoxy) is 2. The van der Waals surface area contributed by atoms with Crippen molar-refractivity contribution in [2.75, 3.05) is 19.0 Å². The zero-order chi connectivity index (χ0) is 12.3. The van der Waals surface area contributed by atoms with E-state index in [1.165, 1.54) is 0 Å². The Bertz CT molecular complexity index is 378. The number of anilines is 1. The summed E-state index contributed by atoms with van der Waals surface area (Å²) in [7, 11) is 1.68. The molecule has 1 aliphatic rings. The summed E-state index contributed by atoms with van der Waals surface area (Å²) in [6.45, 7) is 2.85. The van der Waals surface area contributed by atoms with Crippen LogP contribution in [0.3, 0.4) is 0 Å². The molecule has 0 aromatic heterocycles. The Morgan fingerprint density at radius 1 is 1.41 bits per heavy atom. The number of nitrogens with one attached hydrogen (secondary N) is 1. The molecular weight excluding hydrogens is 282 g/mol. The minimum absolute atomic E-state index is 0.432. The SMILES string of the molecule is CCOC1CC(Nc2cc(OC)ccc2Br)C1. The minimum Gasteiger partial charge on any atom is -0.497 e.